The number of hydrogen-bond acceptors (Lipinski definition) is 3. The van der Waals surface area contributed by atoms with Crippen LogP contribution in [-0.2, 0) is 0 Å². The number of pyridine rings is 1. The summed E-state index contributed by atoms with van der Waals surface area (Å²) >= 11 is 5.85. The number of nitrogen functional groups attached to an aromatic ring is 1. The number of benzene rings is 2. The van der Waals surface area contributed by atoms with Crippen LogP contribution in [0.2, 0.25) is 5.02 Å². The molecule has 0 saturated heterocycles. The molecule has 0 aliphatic carbocycles. The number of carbonyl (C=O) groups excluding carboxylic acids is 1. The topological polar surface area (TPSA) is 68.0 Å². The Labute approximate surface area is 126 Å². The molecule has 21 heavy (non-hydrogen) atoms. The van der Waals surface area contributed by atoms with Crippen LogP contribution in [0.1, 0.15) is 10.4 Å². The summed E-state index contributed by atoms with van der Waals surface area (Å²) in [7, 11) is 0. The van der Waals surface area contributed by atoms with Crippen LogP contribution in [0.15, 0.2) is 54.7 Å². The molecule has 2 aromatic carbocycles. The quantitative estimate of drug-likeness (QED) is 0.708. The molecule has 0 fully saturated rings. The number of nitrogens with two attached hydrogens (primary N) is 1. The van der Waals surface area contributed by atoms with Crippen molar-refractivity contribution in [3.63, 3.8) is 0 Å². The van der Waals surface area contributed by atoms with Gasteiger partial charge in [0.25, 0.3) is 5.91 Å². The SMILES string of the molecule is Nc1cc(NC(=O)c2ccc3ncccc3c2)ccc1Cl. The number of aromatic nitrogens is 1. The van der Waals surface area contributed by atoms with Crippen LogP contribution in [0.5, 0.6) is 0 Å². The molecule has 1 amide bonds. The van der Waals surface area contributed by atoms with Crippen molar-refractivity contribution in [3.8, 4) is 0 Å². The van der Waals surface area contributed by atoms with Gasteiger partial charge in [-0.25, -0.2) is 0 Å². The molecule has 3 aromatic rings. The lowest BCUT2D eigenvalue weighted by Crippen LogP contribution is -2.12. The van der Waals surface area contributed by atoms with E-state index >= 15 is 0 Å². The molecule has 3 N–H and O–H groups in total. The highest BCUT2D eigenvalue weighted by Gasteiger charge is 2.08. The second kappa shape index (κ2) is 5.42. The lowest BCUT2D eigenvalue weighted by atomic mass is 10.1. The highest BCUT2D eigenvalue weighted by Crippen LogP contribution is 2.23. The van der Waals surface area contributed by atoms with E-state index in [1.165, 1.54) is 0 Å². The van der Waals surface area contributed by atoms with E-state index in [1.54, 1.807) is 36.5 Å². The monoisotopic (exact) mass is 297 g/mol. The summed E-state index contributed by atoms with van der Waals surface area (Å²) in [6.45, 7) is 0. The van der Waals surface area contributed by atoms with Gasteiger partial charge < -0.3 is 11.1 Å². The van der Waals surface area contributed by atoms with E-state index < -0.39 is 0 Å². The van der Waals surface area contributed by atoms with E-state index in [0.29, 0.717) is 22.0 Å². The van der Waals surface area contributed by atoms with Gasteiger partial charge in [-0.1, -0.05) is 17.7 Å². The lowest BCUT2D eigenvalue weighted by Gasteiger charge is -2.07. The second-order valence-electron chi connectivity index (χ2n) is 4.60. The van der Waals surface area contributed by atoms with Crippen molar-refractivity contribution in [2.24, 2.45) is 0 Å². The van der Waals surface area contributed by atoms with Crippen molar-refractivity contribution in [3.05, 3.63) is 65.3 Å². The second-order valence-corrected chi connectivity index (χ2v) is 5.01. The Bertz CT molecular complexity index is 833. The first-order valence-corrected chi connectivity index (χ1v) is 6.72. The van der Waals surface area contributed by atoms with Crippen molar-refractivity contribution in [2.45, 2.75) is 0 Å². The molecule has 1 aromatic heterocycles. The summed E-state index contributed by atoms with van der Waals surface area (Å²) in [5.41, 5.74) is 8.16. The van der Waals surface area contributed by atoms with Crippen LogP contribution < -0.4 is 11.1 Å². The van der Waals surface area contributed by atoms with Crippen LogP contribution in [0.4, 0.5) is 11.4 Å². The smallest absolute Gasteiger partial charge is 0.255 e. The summed E-state index contributed by atoms with van der Waals surface area (Å²) in [6, 6.07) is 14.1. The molecule has 104 valence electrons. The molecule has 3 rings (SSSR count). The number of halogens is 1. The van der Waals surface area contributed by atoms with Gasteiger partial charge in [0, 0.05) is 22.8 Å². The van der Waals surface area contributed by atoms with Crippen LogP contribution in [0, 0.1) is 0 Å². The fourth-order valence-corrected chi connectivity index (χ4v) is 2.16. The molecule has 0 bridgehead atoms. The van der Waals surface area contributed by atoms with Gasteiger partial charge in [0.2, 0.25) is 0 Å². The van der Waals surface area contributed by atoms with Crippen molar-refractivity contribution in [2.75, 3.05) is 11.1 Å². The first-order chi connectivity index (χ1) is 10.1. The van der Waals surface area contributed by atoms with Crippen LogP contribution in [0.3, 0.4) is 0 Å². The van der Waals surface area contributed by atoms with Crippen LogP contribution in [0.25, 0.3) is 10.9 Å². The first kappa shape index (κ1) is 13.4. The number of anilines is 2. The molecule has 0 saturated carbocycles. The maximum atomic E-state index is 12.2. The summed E-state index contributed by atoms with van der Waals surface area (Å²) in [5.74, 6) is -0.206. The fraction of sp³-hybridized carbons (Fsp3) is 0. The van der Waals surface area contributed by atoms with Crippen LogP contribution in [-0.4, -0.2) is 10.9 Å². The maximum absolute atomic E-state index is 12.2. The molecule has 0 aliphatic heterocycles. The third-order valence-corrected chi connectivity index (χ3v) is 3.46. The van der Waals surface area contributed by atoms with Crippen molar-refractivity contribution < 1.29 is 4.79 Å². The highest BCUT2D eigenvalue weighted by molar-refractivity contribution is 6.33. The van der Waals surface area contributed by atoms with E-state index in [1.807, 2.05) is 18.2 Å². The highest BCUT2D eigenvalue weighted by atomic mass is 35.5. The molecule has 4 nitrogen and oxygen atoms in total. The van der Waals surface area contributed by atoms with Gasteiger partial charge in [0.05, 0.1) is 16.2 Å². The molecule has 0 atom stereocenters. The third kappa shape index (κ3) is 2.80. The van der Waals surface area contributed by atoms with Crippen molar-refractivity contribution in [1.29, 1.82) is 0 Å². The number of fused-ring (bicyclic) bond motifs is 1. The Kier molecular flexibility index (Phi) is 3.46. The normalized spacial score (nSPS) is 10.5. The number of amides is 1. The predicted octanol–water partition coefficient (Wildman–Crippen LogP) is 3.72. The molecule has 1 heterocycles. The van der Waals surface area contributed by atoms with Gasteiger partial charge in [-0.2, -0.15) is 0 Å². The predicted molar refractivity (Wildman–Crippen MR) is 85.6 cm³/mol. The van der Waals surface area contributed by atoms with E-state index in [2.05, 4.69) is 10.3 Å². The largest absolute Gasteiger partial charge is 0.397 e. The number of nitrogens with one attached hydrogen (secondary N) is 1. The number of hydrogen-bond donors (Lipinski definition) is 2. The Morgan fingerprint density at radius 1 is 1.14 bits per heavy atom. The van der Waals surface area contributed by atoms with E-state index in [0.717, 1.165) is 10.9 Å². The number of carbonyl (C=O) groups is 1. The maximum Gasteiger partial charge on any atom is 0.255 e. The van der Waals surface area contributed by atoms with Crippen molar-refractivity contribution >= 4 is 39.8 Å². The van der Waals surface area contributed by atoms with E-state index in [9.17, 15) is 4.79 Å². The average Bonchev–Trinajstić information content (AvgIpc) is 2.50. The molecule has 0 radical (unpaired) electrons. The zero-order chi connectivity index (χ0) is 14.8. The molecule has 0 spiro atoms. The molecular formula is C16H12ClN3O. The standard InChI is InChI=1S/C16H12ClN3O/c17-13-5-4-12(9-14(13)18)20-16(21)11-3-6-15-10(8-11)2-1-7-19-15/h1-9H,18H2,(H,20,21). The summed E-state index contributed by atoms with van der Waals surface area (Å²) < 4.78 is 0. The minimum absolute atomic E-state index is 0.206. The minimum Gasteiger partial charge on any atom is -0.397 e. The zero-order valence-corrected chi connectivity index (χ0v) is 11.8. The third-order valence-electron chi connectivity index (χ3n) is 3.12. The first-order valence-electron chi connectivity index (χ1n) is 6.34. The summed E-state index contributed by atoms with van der Waals surface area (Å²) in [5, 5.41) is 4.17. The van der Waals surface area contributed by atoms with E-state index in [-0.39, 0.29) is 5.91 Å². The lowest BCUT2D eigenvalue weighted by molar-refractivity contribution is 0.102. The Hall–Kier alpha value is -2.59. The Morgan fingerprint density at radius 2 is 2.00 bits per heavy atom. The molecule has 0 unspecified atom stereocenters. The Morgan fingerprint density at radius 3 is 2.81 bits per heavy atom. The van der Waals surface area contributed by atoms with Crippen molar-refractivity contribution in [1.82, 2.24) is 4.98 Å². The van der Waals surface area contributed by atoms with Gasteiger partial charge >= 0.3 is 0 Å². The van der Waals surface area contributed by atoms with Crippen LogP contribution >= 0.6 is 11.6 Å². The number of rotatable bonds is 2. The van der Waals surface area contributed by atoms with E-state index in [4.69, 9.17) is 17.3 Å². The average molecular weight is 298 g/mol. The number of nitrogens with zero attached hydrogens (tertiary/aromatic N) is 1. The molecule has 5 heteroatoms. The summed E-state index contributed by atoms with van der Waals surface area (Å²) in [6.07, 6.45) is 1.72. The van der Waals surface area contributed by atoms with Gasteiger partial charge in [-0.3, -0.25) is 9.78 Å². The molecule has 0 aliphatic rings. The Balaban J connectivity index is 1.87. The summed E-state index contributed by atoms with van der Waals surface area (Å²) in [4.78, 5) is 16.5. The van der Waals surface area contributed by atoms with Gasteiger partial charge in [-0.05, 0) is 42.5 Å². The molecular weight excluding hydrogens is 286 g/mol. The van der Waals surface area contributed by atoms with Gasteiger partial charge in [0.15, 0.2) is 0 Å². The van der Waals surface area contributed by atoms with Gasteiger partial charge in [0.1, 0.15) is 0 Å². The minimum atomic E-state index is -0.206. The van der Waals surface area contributed by atoms with Gasteiger partial charge in [-0.15, -0.1) is 0 Å². The fourth-order valence-electron chi connectivity index (χ4n) is 2.04. The zero-order valence-electron chi connectivity index (χ0n) is 11.0.